The lowest BCUT2D eigenvalue weighted by Gasteiger charge is -2.28. The molecule has 0 saturated carbocycles. The van der Waals surface area contributed by atoms with Gasteiger partial charge in [-0.2, -0.15) is 0 Å². The third-order valence-electron chi connectivity index (χ3n) is 4.13. The molecule has 1 fully saturated rings. The minimum atomic E-state index is -0.106. The molecule has 2 aromatic rings. The first-order chi connectivity index (χ1) is 10.8. The minimum absolute atomic E-state index is 0.0131. The van der Waals surface area contributed by atoms with Crippen molar-refractivity contribution in [2.75, 3.05) is 19.8 Å². The number of benzene rings is 1. The fraction of sp³-hybridized carbons (Fsp3) is 0.375. The van der Waals surface area contributed by atoms with Crippen LogP contribution in [0.4, 0.5) is 0 Å². The fourth-order valence-electron chi connectivity index (χ4n) is 3.16. The fourth-order valence-corrected chi connectivity index (χ4v) is 3.16. The maximum absolute atomic E-state index is 12.6. The van der Waals surface area contributed by atoms with E-state index in [1.165, 1.54) is 6.26 Å². The number of fused-ring (bicyclic) bond motifs is 1. The van der Waals surface area contributed by atoms with Crippen molar-refractivity contribution in [3.8, 4) is 11.5 Å². The number of nitrogens with zero attached hydrogens (tertiary/aromatic N) is 2. The molecule has 2 aliphatic heterocycles. The molecule has 0 N–H and O–H groups in total. The average molecular weight is 300 g/mol. The Morgan fingerprint density at radius 3 is 3.00 bits per heavy atom. The third kappa shape index (κ3) is 2.11. The van der Waals surface area contributed by atoms with Gasteiger partial charge in [0.25, 0.3) is 5.91 Å². The summed E-state index contributed by atoms with van der Waals surface area (Å²) in [4.78, 5) is 14.4. The molecule has 1 saturated heterocycles. The van der Waals surface area contributed by atoms with Crippen LogP contribution in [0.5, 0.6) is 11.5 Å². The normalized spacial score (nSPS) is 20.2. The monoisotopic (exact) mass is 300 g/mol. The van der Waals surface area contributed by atoms with Crippen LogP contribution in [0.15, 0.2) is 35.1 Å². The summed E-state index contributed by atoms with van der Waals surface area (Å²) < 4.78 is 16.2. The minimum Gasteiger partial charge on any atom is -0.486 e. The van der Waals surface area contributed by atoms with E-state index in [4.69, 9.17) is 14.0 Å². The quantitative estimate of drug-likeness (QED) is 0.852. The van der Waals surface area contributed by atoms with Gasteiger partial charge >= 0.3 is 0 Å². The van der Waals surface area contributed by atoms with Gasteiger partial charge in [-0.05, 0) is 18.9 Å². The van der Waals surface area contributed by atoms with E-state index < -0.39 is 0 Å². The number of carbonyl (C=O) groups excluding carboxylic acids is 1. The number of aromatic nitrogens is 1. The summed E-state index contributed by atoms with van der Waals surface area (Å²) in [6.07, 6.45) is 3.28. The zero-order valence-corrected chi connectivity index (χ0v) is 12.0. The number of likely N-dealkylation sites (tertiary alicyclic amines) is 1. The van der Waals surface area contributed by atoms with Crippen LogP contribution in [0.25, 0.3) is 0 Å². The summed E-state index contributed by atoms with van der Waals surface area (Å²) in [5.41, 5.74) is 1.35. The lowest BCUT2D eigenvalue weighted by Crippen LogP contribution is -2.31. The Balaban J connectivity index is 1.68. The Hall–Kier alpha value is -2.50. The summed E-state index contributed by atoms with van der Waals surface area (Å²) in [5, 5.41) is 3.75. The summed E-state index contributed by atoms with van der Waals surface area (Å²) in [5.74, 6) is 1.41. The lowest BCUT2D eigenvalue weighted by molar-refractivity contribution is 0.0720. The summed E-state index contributed by atoms with van der Waals surface area (Å²) in [6, 6.07) is 7.43. The molecule has 1 unspecified atom stereocenters. The van der Waals surface area contributed by atoms with Crippen molar-refractivity contribution in [2.24, 2.45) is 0 Å². The summed E-state index contributed by atoms with van der Waals surface area (Å²) >= 11 is 0. The number of hydrogen-bond donors (Lipinski definition) is 0. The van der Waals surface area contributed by atoms with E-state index in [9.17, 15) is 4.79 Å². The highest BCUT2D eigenvalue weighted by Gasteiger charge is 2.34. The van der Waals surface area contributed by atoms with Crippen molar-refractivity contribution >= 4 is 5.91 Å². The van der Waals surface area contributed by atoms with Gasteiger partial charge in [0.05, 0.1) is 6.04 Å². The molecule has 0 spiro atoms. The van der Waals surface area contributed by atoms with Crippen LogP contribution in [0.2, 0.25) is 0 Å². The predicted molar refractivity (Wildman–Crippen MR) is 76.9 cm³/mol. The highest BCUT2D eigenvalue weighted by molar-refractivity contribution is 5.92. The Morgan fingerprint density at radius 1 is 1.23 bits per heavy atom. The maximum atomic E-state index is 12.6. The van der Waals surface area contributed by atoms with E-state index >= 15 is 0 Å². The second-order valence-corrected chi connectivity index (χ2v) is 5.41. The van der Waals surface area contributed by atoms with Gasteiger partial charge in [-0.1, -0.05) is 17.3 Å². The lowest BCUT2D eigenvalue weighted by atomic mass is 10.0. The molecule has 22 heavy (non-hydrogen) atoms. The molecule has 3 heterocycles. The van der Waals surface area contributed by atoms with Crippen LogP contribution in [0.3, 0.4) is 0 Å². The van der Waals surface area contributed by atoms with Crippen molar-refractivity contribution in [1.29, 1.82) is 0 Å². The van der Waals surface area contributed by atoms with Crippen molar-refractivity contribution in [3.63, 3.8) is 0 Å². The number of hydrogen-bond acceptors (Lipinski definition) is 5. The van der Waals surface area contributed by atoms with E-state index in [-0.39, 0.29) is 11.9 Å². The first kappa shape index (κ1) is 13.2. The van der Waals surface area contributed by atoms with Crippen LogP contribution >= 0.6 is 0 Å². The SMILES string of the molecule is O=C(c1ccon1)N1CCCC1c1cccc2c1OCCO2. The molecule has 6 nitrogen and oxygen atoms in total. The summed E-state index contributed by atoms with van der Waals surface area (Å²) in [6.45, 7) is 1.80. The van der Waals surface area contributed by atoms with E-state index in [2.05, 4.69) is 5.16 Å². The van der Waals surface area contributed by atoms with Crippen molar-refractivity contribution in [1.82, 2.24) is 10.1 Å². The zero-order chi connectivity index (χ0) is 14.9. The molecule has 0 aliphatic carbocycles. The zero-order valence-electron chi connectivity index (χ0n) is 12.0. The van der Waals surface area contributed by atoms with Gasteiger partial charge in [0.1, 0.15) is 19.5 Å². The molecule has 6 heteroatoms. The van der Waals surface area contributed by atoms with Crippen molar-refractivity contribution in [2.45, 2.75) is 18.9 Å². The van der Waals surface area contributed by atoms with Gasteiger partial charge in [-0.3, -0.25) is 4.79 Å². The first-order valence-electron chi connectivity index (χ1n) is 7.44. The third-order valence-corrected chi connectivity index (χ3v) is 4.13. The molecule has 1 aromatic heterocycles. The van der Waals surface area contributed by atoms with Gasteiger partial charge in [-0.25, -0.2) is 0 Å². The van der Waals surface area contributed by atoms with E-state index in [1.807, 2.05) is 23.1 Å². The summed E-state index contributed by atoms with van der Waals surface area (Å²) in [7, 11) is 0. The largest absolute Gasteiger partial charge is 0.486 e. The van der Waals surface area contributed by atoms with Crippen LogP contribution in [-0.4, -0.2) is 35.7 Å². The van der Waals surface area contributed by atoms with Crippen LogP contribution in [-0.2, 0) is 0 Å². The van der Waals surface area contributed by atoms with E-state index in [0.29, 0.717) is 25.5 Å². The van der Waals surface area contributed by atoms with Gasteiger partial charge in [-0.15, -0.1) is 0 Å². The van der Waals surface area contributed by atoms with E-state index in [0.717, 1.165) is 29.9 Å². The van der Waals surface area contributed by atoms with Crippen LogP contribution in [0.1, 0.15) is 34.9 Å². The molecule has 1 atom stereocenters. The molecule has 1 aromatic carbocycles. The van der Waals surface area contributed by atoms with Gasteiger partial charge in [0, 0.05) is 18.2 Å². The van der Waals surface area contributed by atoms with Crippen molar-refractivity contribution < 1.29 is 18.8 Å². The molecule has 2 aliphatic rings. The first-order valence-corrected chi connectivity index (χ1v) is 7.44. The Kier molecular flexibility index (Phi) is 3.21. The molecular formula is C16H16N2O4. The number of amides is 1. The number of para-hydroxylation sites is 1. The van der Waals surface area contributed by atoms with Gasteiger partial charge in [0.15, 0.2) is 17.2 Å². The molecule has 114 valence electrons. The van der Waals surface area contributed by atoms with E-state index in [1.54, 1.807) is 6.07 Å². The second kappa shape index (κ2) is 5.36. The topological polar surface area (TPSA) is 64.8 Å². The second-order valence-electron chi connectivity index (χ2n) is 5.41. The molecule has 0 radical (unpaired) electrons. The Labute approximate surface area is 127 Å². The van der Waals surface area contributed by atoms with Gasteiger partial charge in [0.2, 0.25) is 0 Å². The number of ether oxygens (including phenoxy) is 2. The molecule has 4 rings (SSSR count). The molecule has 1 amide bonds. The predicted octanol–water partition coefficient (Wildman–Crippen LogP) is 2.42. The molecular weight excluding hydrogens is 284 g/mol. The van der Waals surface area contributed by atoms with Crippen LogP contribution in [0, 0.1) is 0 Å². The standard InChI is InChI=1S/C16H16N2O4/c19-16(12-6-8-22-17-12)18-7-2-4-13(18)11-3-1-5-14-15(11)21-10-9-20-14/h1,3,5-6,8,13H,2,4,7,9-10H2. The Morgan fingerprint density at radius 2 is 2.14 bits per heavy atom. The number of rotatable bonds is 2. The maximum Gasteiger partial charge on any atom is 0.276 e. The average Bonchev–Trinajstić information content (AvgIpc) is 3.25. The smallest absolute Gasteiger partial charge is 0.276 e. The van der Waals surface area contributed by atoms with Gasteiger partial charge < -0.3 is 18.9 Å². The van der Waals surface area contributed by atoms with Crippen molar-refractivity contribution in [3.05, 3.63) is 41.8 Å². The Bertz CT molecular complexity index is 683. The number of carbonyl (C=O) groups is 1. The van der Waals surface area contributed by atoms with Crippen LogP contribution < -0.4 is 9.47 Å². The highest BCUT2D eigenvalue weighted by Crippen LogP contribution is 2.43. The molecule has 0 bridgehead atoms. The highest BCUT2D eigenvalue weighted by atomic mass is 16.6.